The first kappa shape index (κ1) is 18.6. The molecule has 152 valence electrons. The van der Waals surface area contributed by atoms with Crippen molar-refractivity contribution in [2.75, 3.05) is 25.2 Å². The van der Waals surface area contributed by atoms with Crippen LogP contribution in [0.3, 0.4) is 0 Å². The first-order chi connectivity index (χ1) is 14.6. The number of benzene rings is 2. The van der Waals surface area contributed by atoms with Crippen molar-refractivity contribution in [2.24, 2.45) is 0 Å². The minimum atomic E-state index is -0.972. The fourth-order valence-corrected chi connectivity index (χ4v) is 4.25. The number of methoxy groups -OCH3 is 1. The van der Waals surface area contributed by atoms with Crippen LogP contribution in [0, 0.1) is 0 Å². The number of carboxylic acid groups (broad SMARTS) is 1. The Hall–Kier alpha value is -3.45. The van der Waals surface area contributed by atoms with E-state index in [-0.39, 0.29) is 11.6 Å². The van der Waals surface area contributed by atoms with E-state index < -0.39 is 5.97 Å². The van der Waals surface area contributed by atoms with Gasteiger partial charge in [0.15, 0.2) is 5.82 Å². The molecule has 0 saturated carbocycles. The second-order valence-electron chi connectivity index (χ2n) is 7.63. The molecule has 1 saturated heterocycles. The lowest BCUT2D eigenvalue weighted by molar-refractivity contribution is 0.0697. The highest BCUT2D eigenvalue weighted by Crippen LogP contribution is 2.35. The van der Waals surface area contributed by atoms with Crippen LogP contribution in [0.2, 0.25) is 0 Å². The Balaban J connectivity index is 1.72. The molecule has 7 nitrogen and oxygen atoms in total. The van der Waals surface area contributed by atoms with E-state index in [1.807, 2.05) is 24.4 Å². The number of H-pyrrole nitrogens is 1. The average molecular weight is 402 g/mol. The number of aromatic carboxylic acids is 1. The molecule has 1 atom stereocenters. The first-order valence-electron chi connectivity index (χ1n) is 10.0. The normalized spacial score (nSPS) is 16.6. The molecule has 0 bridgehead atoms. The van der Waals surface area contributed by atoms with Crippen molar-refractivity contribution in [3.05, 3.63) is 54.2 Å². The van der Waals surface area contributed by atoms with Crippen molar-refractivity contribution in [1.29, 1.82) is 0 Å². The third-order valence-corrected chi connectivity index (χ3v) is 5.73. The number of hydrogen-bond acceptors (Lipinski definition) is 5. The van der Waals surface area contributed by atoms with Gasteiger partial charge in [-0.3, -0.25) is 0 Å². The molecular weight excluding hydrogens is 380 g/mol. The monoisotopic (exact) mass is 402 g/mol. The number of nitrogens with one attached hydrogen (secondary N) is 1. The van der Waals surface area contributed by atoms with Crippen molar-refractivity contribution in [3.63, 3.8) is 0 Å². The van der Waals surface area contributed by atoms with Crippen LogP contribution in [0.5, 0.6) is 0 Å². The molecule has 1 aliphatic rings. The third kappa shape index (κ3) is 3.17. The maximum Gasteiger partial charge on any atom is 0.335 e. The summed E-state index contributed by atoms with van der Waals surface area (Å²) in [5, 5.41) is 10.5. The number of carbonyl (C=O) groups is 1. The number of fused-ring (bicyclic) bond motifs is 2. The molecule has 1 fully saturated rings. The lowest BCUT2D eigenvalue weighted by Crippen LogP contribution is -2.34. The van der Waals surface area contributed by atoms with Crippen molar-refractivity contribution in [3.8, 4) is 11.3 Å². The van der Waals surface area contributed by atoms with Crippen molar-refractivity contribution in [2.45, 2.75) is 18.9 Å². The van der Waals surface area contributed by atoms with Gasteiger partial charge in [0.1, 0.15) is 5.69 Å². The molecule has 4 aromatic rings. The molecule has 30 heavy (non-hydrogen) atoms. The number of aromatic amines is 1. The number of ether oxygens (including phenoxy) is 1. The molecule has 2 aromatic heterocycles. The van der Waals surface area contributed by atoms with E-state index in [0.717, 1.165) is 47.4 Å². The van der Waals surface area contributed by atoms with Gasteiger partial charge in [-0.25, -0.2) is 14.8 Å². The van der Waals surface area contributed by atoms with Crippen LogP contribution < -0.4 is 4.90 Å². The Bertz CT molecular complexity index is 1250. The molecule has 2 N–H and O–H groups in total. The standard InChI is InChI=1S/C23H22N4O3/c1-30-13-17-3-2-10-27(17)22-21(15-4-6-18-14(11-15)8-9-24-18)25-19-7-5-16(23(28)29)12-20(19)26-22/h4-9,11-12,17,24H,2-3,10,13H2,1H3,(H,28,29)/t17-/m1/s1. The summed E-state index contributed by atoms with van der Waals surface area (Å²) in [4.78, 5) is 26.7. The maximum absolute atomic E-state index is 11.4. The van der Waals surface area contributed by atoms with Crippen LogP contribution in [-0.2, 0) is 4.74 Å². The molecule has 5 rings (SSSR count). The lowest BCUT2D eigenvalue weighted by atomic mass is 10.1. The van der Waals surface area contributed by atoms with Gasteiger partial charge in [-0.15, -0.1) is 0 Å². The van der Waals surface area contributed by atoms with Crippen molar-refractivity contribution < 1.29 is 14.6 Å². The zero-order valence-corrected chi connectivity index (χ0v) is 16.6. The summed E-state index contributed by atoms with van der Waals surface area (Å²) >= 11 is 0. The Morgan fingerprint density at radius 2 is 2.10 bits per heavy atom. The summed E-state index contributed by atoms with van der Waals surface area (Å²) in [7, 11) is 1.71. The second-order valence-corrected chi connectivity index (χ2v) is 7.63. The molecule has 0 unspecified atom stereocenters. The predicted octanol–water partition coefficient (Wildman–Crippen LogP) is 4.09. The highest BCUT2D eigenvalue weighted by molar-refractivity contribution is 5.94. The summed E-state index contributed by atoms with van der Waals surface area (Å²) in [6.45, 7) is 1.48. The van der Waals surface area contributed by atoms with Crippen molar-refractivity contribution in [1.82, 2.24) is 15.0 Å². The van der Waals surface area contributed by atoms with E-state index >= 15 is 0 Å². The molecule has 2 aromatic carbocycles. The SMILES string of the molecule is COC[C@H]1CCCN1c1nc2cc(C(=O)O)ccc2nc1-c1ccc2[nH]ccc2c1. The highest BCUT2D eigenvalue weighted by atomic mass is 16.5. The summed E-state index contributed by atoms with van der Waals surface area (Å²) in [6.07, 6.45) is 4.00. The predicted molar refractivity (Wildman–Crippen MR) is 116 cm³/mol. The van der Waals surface area contributed by atoms with E-state index in [4.69, 9.17) is 14.7 Å². The molecule has 0 spiro atoms. The van der Waals surface area contributed by atoms with Gasteiger partial charge in [-0.2, -0.15) is 0 Å². The van der Waals surface area contributed by atoms with Gasteiger partial charge in [0.25, 0.3) is 0 Å². The van der Waals surface area contributed by atoms with E-state index in [1.54, 1.807) is 25.3 Å². The lowest BCUT2D eigenvalue weighted by Gasteiger charge is -2.27. The Morgan fingerprint density at radius 1 is 1.20 bits per heavy atom. The maximum atomic E-state index is 11.4. The van der Waals surface area contributed by atoms with Crippen LogP contribution >= 0.6 is 0 Å². The number of nitrogens with zero attached hydrogens (tertiary/aromatic N) is 3. The summed E-state index contributed by atoms with van der Waals surface area (Å²) in [6, 6.07) is 13.4. The van der Waals surface area contributed by atoms with E-state index in [1.165, 1.54) is 0 Å². The van der Waals surface area contributed by atoms with Crippen LogP contribution in [0.1, 0.15) is 23.2 Å². The molecule has 0 aliphatic carbocycles. The number of anilines is 1. The summed E-state index contributed by atoms with van der Waals surface area (Å²) in [5.41, 5.74) is 4.32. The van der Waals surface area contributed by atoms with Crippen LogP contribution in [0.15, 0.2) is 48.7 Å². The fourth-order valence-electron chi connectivity index (χ4n) is 4.25. The average Bonchev–Trinajstić information content (AvgIpc) is 3.41. The topological polar surface area (TPSA) is 91.3 Å². The summed E-state index contributed by atoms with van der Waals surface area (Å²) < 4.78 is 5.44. The van der Waals surface area contributed by atoms with Gasteiger partial charge in [0.2, 0.25) is 0 Å². The Kier molecular flexibility index (Phi) is 4.59. The largest absolute Gasteiger partial charge is 0.478 e. The van der Waals surface area contributed by atoms with Gasteiger partial charge >= 0.3 is 5.97 Å². The number of aromatic nitrogens is 3. The zero-order chi connectivity index (χ0) is 20.7. The zero-order valence-electron chi connectivity index (χ0n) is 16.6. The smallest absolute Gasteiger partial charge is 0.335 e. The van der Waals surface area contributed by atoms with E-state index in [9.17, 15) is 9.90 Å². The molecular formula is C23H22N4O3. The van der Waals surface area contributed by atoms with Gasteiger partial charge in [0, 0.05) is 36.3 Å². The van der Waals surface area contributed by atoms with Gasteiger partial charge in [0.05, 0.1) is 29.2 Å². The molecule has 0 radical (unpaired) electrons. The second kappa shape index (κ2) is 7.42. The van der Waals surface area contributed by atoms with Gasteiger partial charge in [-0.05, 0) is 49.2 Å². The fraction of sp³-hybridized carbons (Fsp3) is 0.261. The van der Waals surface area contributed by atoms with E-state index in [2.05, 4.69) is 16.0 Å². The molecule has 7 heteroatoms. The number of rotatable bonds is 5. The Labute approximate surface area is 173 Å². The molecule has 0 amide bonds. The van der Waals surface area contributed by atoms with Gasteiger partial charge < -0.3 is 19.7 Å². The van der Waals surface area contributed by atoms with Crippen LogP contribution in [-0.4, -0.2) is 52.3 Å². The highest BCUT2D eigenvalue weighted by Gasteiger charge is 2.29. The van der Waals surface area contributed by atoms with Crippen LogP contribution in [0.25, 0.3) is 33.2 Å². The summed E-state index contributed by atoms with van der Waals surface area (Å²) in [5.74, 6) is -0.194. The quantitative estimate of drug-likeness (QED) is 0.522. The minimum absolute atomic E-state index is 0.208. The third-order valence-electron chi connectivity index (χ3n) is 5.73. The molecule has 3 heterocycles. The number of hydrogen-bond donors (Lipinski definition) is 2. The molecule has 1 aliphatic heterocycles. The van der Waals surface area contributed by atoms with Crippen molar-refractivity contribution >= 4 is 33.7 Å². The minimum Gasteiger partial charge on any atom is -0.478 e. The van der Waals surface area contributed by atoms with Crippen LogP contribution in [0.4, 0.5) is 5.82 Å². The number of carboxylic acids is 1. The Morgan fingerprint density at radius 3 is 2.93 bits per heavy atom. The first-order valence-corrected chi connectivity index (χ1v) is 10.0. The van der Waals surface area contributed by atoms with Gasteiger partial charge in [-0.1, -0.05) is 6.07 Å². The van der Waals surface area contributed by atoms with E-state index in [0.29, 0.717) is 17.6 Å².